The van der Waals surface area contributed by atoms with Gasteiger partial charge in [0.25, 0.3) is 0 Å². The monoisotopic (exact) mass is 634 g/mol. The number of amides is 1. The van der Waals surface area contributed by atoms with Crippen LogP contribution in [-0.4, -0.2) is 47.6 Å². The molecular formula is C40H46N2O5. The van der Waals surface area contributed by atoms with E-state index in [4.69, 9.17) is 9.47 Å². The van der Waals surface area contributed by atoms with Gasteiger partial charge in [-0.15, -0.1) is 0 Å². The molecule has 0 saturated heterocycles. The van der Waals surface area contributed by atoms with Gasteiger partial charge < -0.3 is 24.8 Å². The summed E-state index contributed by atoms with van der Waals surface area (Å²) >= 11 is 0. The van der Waals surface area contributed by atoms with E-state index in [1.165, 1.54) is 4.90 Å². The number of hydrogen-bond acceptors (Lipinski definition) is 5. The van der Waals surface area contributed by atoms with E-state index < -0.39 is 18.1 Å². The Hall–Kier alpha value is -4.62. The van der Waals surface area contributed by atoms with Crippen LogP contribution in [0.5, 0.6) is 11.5 Å². The standard InChI is InChI=1S/C40H46N2O5/c1-4-5-16-35-39(43)42(3)36(40(44)45)24-34-23-32(18-20-38(34)47-27-30-14-10-7-11-15-30)31-17-19-37(33(22-31)21-28(2)25-41-35)46-26-29-12-8-6-9-13-29/h6-15,17-20,22-23,28,35-36,41H,4-5,16,21,24-27H2,1-3H3,(H,44,45)/t28-,35-,36-/m0/s1. The van der Waals surface area contributed by atoms with Gasteiger partial charge in [0, 0.05) is 13.5 Å². The molecule has 0 radical (unpaired) electrons. The van der Waals surface area contributed by atoms with Crippen molar-refractivity contribution in [3.63, 3.8) is 0 Å². The molecule has 47 heavy (non-hydrogen) atoms. The average molecular weight is 635 g/mol. The second-order valence-electron chi connectivity index (χ2n) is 12.6. The zero-order valence-electron chi connectivity index (χ0n) is 27.7. The minimum absolute atomic E-state index is 0.109. The molecule has 3 atom stereocenters. The molecule has 0 aromatic heterocycles. The van der Waals surface area contributed by atoms with Crippen LogP contribution in [-0.2, 0) is 35.6 Å². The number of aliphatic carboxylic acids is 1. The largest absolute Gasteiger partial charge is 0.489 e. The first kappa shape index (κ1) is 33.7. The summed E-state index contributed by atoms with van der Waals surface area (Å²) in [5.74, 6) is 0.376. The topological polar surface area (TPSA) is 88.1 Å². The Bertz CT molecular complexity index is 1620. The molecular weight excluding hydrogens is 588 g/mol. The predicted octanol–water partition coefficient (Wildman–Crippen LogP) is 7.31. The molecule has 0 fully saturated rings. The van der Waals surface area contributed by atoms with E-state index in [2.05, 4.69) is 43.4 Å². The Morgan fingerprint density at radius 1 is 0.830 bits per heavy atom. The van der Waals surface area contributed by atoms with Crippen molar-refractivity contribution < 1.29 is 24.2 Å². The van der Waals surface area contributed by atoms with Crippen molar-refractivity contribution >= 4 is 11.9 Å². The van der Waals surface area contributed by atoms with E-state index in [-0.39, 0.29) is 18.2 Å². The lowest BCUT2D eigenvalue weighted by atomic mass is 9.94. The third-order valence-electron chi connectivity index (χ3n) is 8.87. The van der Waals surface area contributed by atoms with Gasteiger partial charge in [0.2, 0.25) is 5.91 Å². The summed E-state index contributed by atoms with van der Waals surface area (Å²) in [6.45, 7) is 5.68. The maximum Gasteiger partial charge on any atom is 0.326 e. The molecule has 1 aliphatic heterocycles. The number of unbranched alkanes of at least 4 members (excludes halogenated alkanes) is 1. The number of nitrogens with zero attached hydrogens (tertiary/aromatic N) is 1. The van der Waals surface area contributed by atoms with Gasteiger partial charge in [-0.1, -0.05) is 99.5 Å². The lowest BCUT2D eigenvalue weighted by Crippen LogP contribution is -2.52. The highest BCUT2D eigenvalue weighted by atomic mass is 16.5. The first-order valence-corrected chi connectivity index (χ1v) is 16.6. The molecule has 1 heterocycles. The number of carbonyl (C=O) groups excluding carboxylic acids is 1. The predicted molar refractivity (Wildman–Crippen MR) is 186 cm³/mol. The Kier molecular flexibility index (Phi) is 11.7. The lowest BCUT2D eigenvalue weighted by molar-refractivity contribution is -0.149. The van der Waals surface area contributed by atoms with Crippen LogP contribution in [0.1, 0.15) is 55.4 Å². The zero-order valence-corrected chi connectivity index (χ0v) is 27.7. The third kappa shape index (κ3) is 9.01. The Morgan fingerprint density at radius 3 is 1.87 bits per heavy atom. The van der Waals surface area contributed by atoms with Crippen molar-refractivity contribution in [3.05, 3.63) is 119 Å². The molecule has 1 aliphatic rings. The number of carboxylic acids is 1. The number of ether oxygens (including phenoxy) is 2. The molecule has 4 aromatic carbocycles. The number of carboxylic acid groups (broad SMARTS) is 1. The van der Waals surface area contributed by atoms with Gasteiger partial charge in [0.15, 0.2) is 0 Å². The number of likely N-dealkylation sites (N-methyl/N-ethyl adjacent to an activating group) is 1. The molecule has 0 spiro atoms. The molecule has 5 rings (SSSR count). The van der Waals surface area contributed by atoms with Crippen LogP contribution in [0.2, 0.25) is 0 Å². The Morgan fingerprint density at radius 2 is 1.36 bits per heavy atom. The summed E-state index contributed by atoms with van der Waals surface area (Å²) in [5.41, 5.74) is 5.89. The summed E-state index contributed by atoms with van der Waals surface area (Å²) in [6, 6.07) is 30.7. The zero-order chi connectivity index (χ0) is 33.2. The first-order valence-electron chi connectivity index (χ1n) is 16.6. The quantitative estimate of drug-likeness (QED) is 0.190. The summed E-state index contributed by atoms with van der Waals surface area (Å²) in [6.07, 6.45) is 3.30. The SMILES string of the molecule is CCCC[C@@H]1NC[C@@H](C)Cc2cc(ccc2OCc2ccccc2)-c2ccc(OCc3ccccc3)c(c2)C[C@@H](C(=O)O)N(C)C1=O. The van der Waals surface area contributed by atoms with Gasteiger partial charge >= 0.3 is 5.97 Å². The molecule has 0 unspecified atom stereocenters. The molecule has 7 nitrogen and oxygen atoms in total. The van der Waals surface area contributed by atoms with Crippen molar-refractivity contribution in [2.75, 3.05) is 13.6 Å². The van der Waals surface area contributed by atoms with E-state index in [9.17, 15) is 14.7 Å². The van der Waals surface area contributed by atoms with Crippen LogP contribution in [0.15, 0.2) is 97.1 Å². The maximum absolute atomic E-state index is 13.9. The van der Waals surface area contributed by atoms with Gasteiger partial charge in [-0.3, -0.25) is 4.79 Å². The summed E-state index contributed by atoms with van der Waals surface area (Å²) < 4.78 is 12.7. The smallest absolute Gasteiger partial charge is 0.326 e. The van der Waals surface area contributed by atoms with Crippen LogP contribution in [0.25, 0.3) is 11.1 Å². The number of benzene rings is 4. The van der Waals surface area contributed by atoms with Gasteiger partial charge in [0.1, 0.15) is 30.8 Å². The van der Waals surface area contributed by atoms with Gasteiger partial charge in [-0.2, -0.15) is 0 Å². The van der Waals surface area contributed by atoms with Crippen LogP contribution in [0.4, 0.5) is 0 Å². The summed E-state index contributed by atoms with van der Waals surface area (Å²) in [7, 11) is 1.61. The second-order valence-corrected chi connectivity index (χ2v) is 12.6. The van der Waals surface area contributed by atoms with Crippen LogP contribution >= 0.6 is 0 Å². The van der Waals surface area contributed by atoms with Gasteiger partial charge in [-0.05, 0) is 83.0 Å². The lowest BCUT2D eigenvalue weighted by Gasteiger charge is -2.30. The average Bonchev–Trinajstić information content (AvgIpc) is 3.09. The highest BCUT2D eigenvalue weighted by Crippen LogP contribution is 2.33. The molecule has 2 N–H and O–H groups in total. The Balaban J connectivity index is 1.55. The fourth-order valence-electron chi connectivity index (χ4n) is 6.10. The van der Waals surface area contributed by atoms with Crippen LogP contribution in [0, 0.1) is 5.92 Å². The second kappa shape index (κ2) is 16.3. The van der Waals surface area contributed by atoms with Crippen LogP contribution in [0.3, 0.4) is 0 Å². The molecule has 0 aliphatic carbocycles. The van der Waals surface area contributed by atoms with Crippen molar-refractivity contribution in [1.29, 1.82) is 0 Å². The number of hydrogen-bond donors (Lipinski definition) is 2. The summed E-state index contributed by atoms with van der Waals surface area (Å²) in [4.78, 5) is 28.0. The van der Waals surface area contributed by atoms with E-state index >= 15 is 0 Å². The molecule has 4 bridgehead atoms. The molecule has 1 amide bonds. The van der Waals surface area contributed by atoms with E-state index in [0.29, 0.717) is 31.9 Å². The maximum atomic E-state index is 13.9. The highest BCUT2D eigenvalue weighted by molar-refractivity contribution is 5.87. The van der Waals surface area contributed by atoms with Gasteiger partial charge in [0.05, 0.1) is 6.04 Å². The number of fused-ring (bicyclic) bond motifs is 5. The minimum Gasteiger partial charge on any atom is -0.489 e. The number of carbonyl (C=O) groups is 2. The third-order valence-corrected chi connectivity index (χ3v) is 8.87. The van der Waals surface area contributed by atoms with Crippen molar-refractivity contribution in [2.45, 2.75) is 71.2 Å². The van der Waals surface area contributed by atoms with Crippen molar-refractivity contribution in [2.24, 2.45) is 5.92 Å². The summed E-state index contributed by atoms with van der Waals surface area (Å²) in [5, 5.41) is 13.9. The van der Waals surface area contributed by atoms with E-state index in [1.807, 2.05) is 72.8 Å². The first-order chi connectivity index (χ1) is 22.8. The fourth-order valence-corrected chi connectivity index (χ4v) is 6.10. The number of nitrogens with one attached hydrogen (secondary N) is 1. The highest BCUT2D eigenvalue weighted by Gasteiger charge is 2.32. The molecule has 246 valence electrons. The number of rotatable bonds is 10. The molecule has 0 saturated carbocycles. The molecule has 4 aromatic rings. The van der Waals surface area contributed by atoms with E-state index in [0.717, 1.165) is 58.4 Å². The normalized spacial score (nSPS) is 18.6. The van der Waals surface area contributed by atoms with Gasteiger partial charge in [-0.25, -0.2) is 4.79 Å². The Labute approximate surface area is 278 Å². The van der Waals surface area contributed by atoms with E-state index in [1.54, 1.807) is 7.05 Å². The fraction of sp³-hybridized carbons (Fsp3) is 0.350. The van der Waals surface area contributed by atoms with Crippen molar-refractivity contribution in [3.8, 4) is 22.6 Å². The minimum atomic E-state index is -1.06. The molecule has 7 heteroatoms. The van der Waals surface area contributed by atoms with Crippen LogP contribution < -0.4 is 14.8 Å². The van der Waals surface area contributed by atoms with Crippen molar-refractivity contribution in [1.82, 2.24) is 10.2 Å².